The summed E-state index contributed by atoms with van der Waals surface area (Å²) in [7, 11) is 1.43. The van der Waals surface area contributed by atoms with Crippen LogP contribution in [0, 0.1) is 0 Å². The molecule has 2 heterocycles. The summed E-state index contributed by atoms with van der Waals surface area (Å²) in [6.45, 7) is 0. The molecule has 0 aliphatic carbocycles. The van der Waals surface area contributed by atoms with Gasteiger partial charge in [-0.15, -0.1) is 5.43 Å². The average Bonchev–Trinajstić information content (AvgIpc) is 2.46. The summed E-state index contributed by atoms with van der Waals surface area (Å²) in [6.07, 6.45) is 4.71. The van der Waals surface area contributed by atoms with Crippen molar-refractivity contribution in [1.29, 1.82) is 0 Å². The Hall–Kier alpha value is -2.76. The van der Waals surface area contributed by atoms with Crippen molar-refractivity contribution in [3.63, 3.8) is 0 Å². The number of benzene rings is 1. The van der Waals surface area contributed by atoms with E-state index in [1.54, 1.807) is 12.4 Å². The van der Waals surface area contributed by atoms with Crippen LogP contribution in [0.25, 0.3) is 16.6 Å². The maximum Gasteiger partial charge on any atom is 0.331 e. The molecule has 0 saturated heterocycles. The van der Waals surface area contributed by atoms with E-state index in [9.17, 15) is 4.79 Å². The van der Waals surface area contributed by atoms with E-state index in [0.717, 1.165) is 11.1 Å². The van der Waals surface area contributed by atoms with Gasteiger partial charge in [-0.2, -0.15) is 5.10 Å². The van der Waals surface area contributed by atoms with Gasteiger partial charge in [0.25, 0.3) is 0 Å². The van der Waals surface area contributed by atoms with Crippen molar-refractivity contribution in [3.05, 3.63) is 41.9 Å². The third-order valence-corrected chi connectivity index (χ3v) is 2.77. The van der Waals surface area contributed by atoms with Gasteiger partial charge in [0, 0.05) is 18.0 Å². The van der Waals surface area contributed by atoms with E-state index in [1.807, 2.05) is 18.2 Å². The first-order chi connectivity index (χ1) is 9.31. The second-order valence-corrected chi connectivity index (χ2v) is 3.83. The van der Waals surface area contributed by atoms with Crippen molar-refractivity contribution in [2.24, 2.45) is 5.10 Å². The summed E-state index contributed by atoms with van der Waals surface area (Å²) < 4.78 is 5.12. The molecule has 3 rings (SSSR count). The van der Waals surface area contributed by atoms with E-state index < -0.39 is 5.91 Å². The van der Waals surface area contributed by atoms with Crippen molar-refractivity contribution in [2.45, 2.75) is 0 Å². The van der Waals surface area contributed by atoms with Crippen LogP contribution in [0.4, 0.5) is 0 Å². The predicted octanol–water partition coefficient (Wildman–Crippen LogP) is 1.12. The Morgan fingerprint density at radius 3 is 2.84 bits per heavy atom. The lowest BCUT2D eigenvalue weighted by molar-refractivity contribution is -0.120. The number of aromatic nitrogens is 2. The minimum absolute atomic E-state index is 0.160. The van der Waals surface area contributed by atoms with Crippen LogP contribution in [0.1, 0.15) is 5.56 Å². The second-order valence-electron chi connectivity index (χ2n) is 3.83. The molecule has 0 spiro atoms. The highest BCUT2D eigenvalue weighted by Gasteiger charge is 2.23. The molecule has 0 unspecified atom stereocenters. The molecule has 19 heavy (non-hydrogen) atoms. The Morgan fingerprint density at radius 2 is 2.00 bits per heavy atom. The van der Waals surface area contributed by atoms with E-state index in [0.29, 0.717) is 11.1 Å². The molecule has 1 aliphatic heterocycles. The summed E-state index contributed by atoms with van der Waals surface area (Å²) in [4.78, 5) is 20.2. The molecular formula is C13H9N4O2. The van der Waals surface area contributed by atoms with Crippen LogP contribution >= 0.6 is 0 Å². The molecule has 0 saturated carbocycles. The number of methoxy groups -OCH3 is 1. The number of amides is 1. The lowest BCUT2D eigenvalue weighted by Gasteiger charge is -2.13. The summed E-state index contributed by atoms with van der Waals surface area (Å²) in [5.41, 5.74) is 6.19. The number of ether oxygens (including phenoxy) is 1. The normalized spacial score (nSPS) is 14.7. The largest absolute Gasteiger partial charge is 0.491 e. The molecule has 0 N–H and O–H groups in total. The molecule has 1 aromatic carbocycles. The zero-order chi connectivity index (χ0) is 13.2. The second kappa shape index (κ2) is 4.49. The number of carbonyl (C=O) groups is 1. The first-order valence-corrected chi connectivity index (χ1v) is 5.58. The van der Waals surface area contributed by atoms with Crippen molar-refractivity contribution < 1.29 is 9.53 Å². The molecule has 0 fully saturated rings. The van der Waals surface area contributed by atoms with E-state index in [2.05, 4.69) is 20.5 Å². The lowest BCUT2D eigenvalue weighted by Crippen LogP contribution is -2.20. The van der Waals surface area contributed by atoms with Crippen LogP contribution in [-0.2, 0) is 9.53 Å². The molecular weight excluding hydrogens is 244 g/mol. The molecule has 1 radical (unpaired) electrons. The topological polar surface area (TPSA) is 78.5 Å². The lowest BCUT2D eigenvalue weighted by atomic mass is 10.0. The zero-order valence-corrected chi connectivity index (χ0v) is 10.1. The number of fused-ring (bicyclic) bond motifs is 1. The standard InChI is InChI=1S/C13H9N4O2/c1-19-12-9(7-16-17-13(12)18)8-3-2-4-10-11(8)15-6-5-14-10/h2-7H,1H3. The highest BCUT2D eigenvalue weighted by Crippen LogP contribution is 2.25. The Kier molecular flexibility index (Phi) is 2.68. The minimum atomic E-state index is -0.499. The fourth-order valence-corrected chi connectivity index (χ4v) is 1.96. The molecule has 2 aromatic rings. The van der Waals surface area contributed by atoms with Gasteiger partial charge in [0.05, 0.1) is 29.9 Å². The maximum atomic E-state index is 11.6. The van der Waals surface area contributed by atoms with Gasteiger partial charge in [-0.3, -0.25) is 14.8 Å². The van der Waals surface area contributed by atoms with Crippen molar-refractivity contribution in [3.8, 4) is 0 Å². The van der Waals surface area contributed by atoms with Gasteiger partial charge < -0.3 is 4.74 Å². The predicted molar refractivity (Wildman–Crippen MR) is 69.1 cm³/mol. The molecule has 6 heteroatoms. The number of para-hydroxylation sites is 1. The molecule has 0 bridgehead atoms. The van der Waals surface area contributed by atoms with Gasteiger partial charge in [0.1, 0.15) is 0 Å². The van der Waals surface area contributed by atoms with Crippen LogP contribution in [-0.4, -0.2) is 29.2 Å². The van der Waals surface area contributed by atoms with Gasteiger partial charge in [-0.25, -0.2) is 0 Å². The van der Waals surface area contributed by atoms with Gasteiger partial charge in [-0.05, 0) is 6.07 Å². The molecule has 1 aliphatic rings. The summed E-state index contributed by atoms with van der Waals surface area (Å²) in [6, 6.07) is 5.54. The Morgan fingerprint density at radius 1 is 1.16 bits per heavy atom. The maximum absolute atomic E-state index is 11.6. The first-order valence-electron chi connectivity index (χ1n) is 5.58. The summed E-state index contributed by atoms with van der Waals surface area (Å²) in [5.74, 6) is -0.339. The number of rotatable bonds is 2. The van der Waals surface area contributed by atoms with Crippen LogP contribution in [0.15, 0.2) is 41.5 Å². The summed E-state index contributed by atoms with van der Waals surface area (Å²) in [5, 5.41) is 3.69. The van der Waals surface area contributed by atoms with Crippen LogP contribution in [0.2, 0.25) is 0 Å². The fraction of sp³-hybridized carbons (Fsp3) is 0.0769. The van der Waals surface area contributed by atoms with Gasteiger partial charge >= 0.3 is 5.91 Å². The highest BCUT2D eigenvalue weighted by atomic mass is 16.5. The Balaban J connectivity index is 2.30. The Bertz CT molecular complexity index is 716. The third kappa shape index (κ3) is 1.83. The average molecular weight is 253 g/mol. The zero-order valence-electron chi connectivity index (χ0n) is 10.1. The van der Waals surface area contributed by atoms with E-state index >= 15 is 0 Å². The minimum Gasteiger partial charge on any atom is -0.491 e. The number of nitrogens with zero attached hydrogens (tertiary/aromatic N) is 4. The molecule has 93 valence electrons. The smallest absolute Gasteiger partial charge is 0.331 e. The Labute approximate surface area is 108 Å². The number of allylic oxidation sites excluding steroid dienone is 1. The SMILES string of the molecule is COC1=C(c2cccc3nccnc23)C=N[N]C1=O. The van der Waals surface area contributed by atoms with Crippen LogP contribution in [0.5, 0.6) is 0 Å². The quantitative estimate of drug-likeness (QED) is 0.803. The third-order valence-electron chi connectivity index (χ3n) is 2.77. The number of hydrogen-bond donors (Lipinski definition) is 0. The molecule has 0 atom stereocenters. The first kappa shape index (κ1) is 11.3. The van der Waals surface area contributed by atoms with Gasteiger partial charge in [0.2, 0.25) is 0 Å². The molecule has 1 amide bonds. The van der Waals surface area contributed by atoms with Crippen molar-refractivity contribution in [2.75, 3.05) is 7.11 Å². The van der Waals surface area contributed by atoms with E-state index in [1.165, 1.54) is 13.3 Å². The van der Waals surface area contributed by atoms with E-state index in [4.69, 9.17) is 4.74 Å². The van der Waals surface area contributed by atoms with E-state index in [-0.39, 0.29) is 5.76 Å². The monoisotopic (exact) mass is 253 g/mol. The van der Waals surface area contributed by atoms with Gasteiger partial charge in [-0.1, -0.05) is 12.1 Å². The van der Waals surface area contributed by atoms with Crippen molar-refractivity contribution >= 4 is 28.7 Å². The summed E-state index contributed by atoms with van der Waals surface area (Å²) >= 11 is 0. The van der Waals surface area contributed by atoms with Crippen LogP contribution in [0.3, 0.4) is 0 Å². The van der Waals surface area contributed by atoms with Gasteiger partial charge in [0.15, 0.2) is 5.76 Å². The van der Waals surface area contributed by atoms with Crippen LogP contribution < -0.4 is 5.43 Å². The number of carbonyl (C=O) groups excluding carboxylic acids is 1. The number of hydrogen-bond acceptors (Lipinski definition) is 5. The highest BCUT2D eigenvalue weighted by molar-refractivity contribution is 6.22. The van der Waals surface area contributed by atoms with Crippen molar-refractivity contribution in [1.82, 2.24) is 15.4 Å². The molecule has 6 nitrogen and oxygen atoms in total. The molecule has 1 aromatic heterocycles. The fourth-order valence-electron chi connectivity index (χ4n) is 1.96.